The largest absolute Gasteiger partial charge is 0.358 e. The van der Waals surface area contributed by atoms with Crippen LogP contribution in [0.15, 0.2) is 18.6 Å². The molecule has 0 saturated carbocycles. The number of piperidine rings is 1. The van der Waals surface area contributed by atoms with Gasteiger partial charge in [0.2, 0.25) is 5.91 Å². The molecule has 2 aromatic rings. The Hall–Kier alpha value is -2.11. The minimum Gasteiger partial charge on any atom is -0.358 e. The molecule has 3 N–H and O–H groups in total. The van der Waals surface area contributed by atoms with Crippen molar-refractivity contribution in [3.8, 4) is 0 Å². The third-order valence-corrected chi connectivity index (χ3v) is 3.62. The number of aromatic nitrogens is 3. The van der Waals surface area contributed by atoms with Gasteiger partial charge in [-0.3, -0.25) is 4.79 Å². The first-order valence-electron chi connectivity index (χ1n) is 6.63. The molecule has 0 spiro atoms. The summed E-state index contributed by atoms with van der Waals surface area (Å²) in [5, 5.41) is 7.16. The van der Waals surface area contributed by atoms with Crippen LogP contribution in [-0.4, -0.2) is 32.9 Å². The number of fused-ring (bicyclic) bond motifs is 1. The Morgan fingerprint density at radius 1 is 1.42 bits per heavy atom. The maximum Gasteiger partial charge on any atom is 0.242 e. The van der Waals surface area contributed by atoms with Gasteiger partial charge in [-0.1, -0.05) is 6.92 Å². The molecule has 0 unspecified atom stereocenters. The number of carbonyl (C=O) groups excluding carboxylic acids is 1. The Kier molecular flexibility index (Phi) is 3.06. The zero-order valence-electron chi connectivity index (χ0n) is 10.8. The molecule has 3 heterocycles. The highest BCUT2D eigenvalue weighted by molar-refractivity contribution is 5.91. The molecule has 1 aliphatic rings. The van der Waals surface area contributed by atoms with Crippen molar-refractivity contribution in [1.82, 2.24) is 20.3 Å². The minimum atomic E-state index is -0.212. The molecule has 6 nitrogen and oxygen atoms in total. The van der Waals surface area contributed by atoms with Gasteiger partial charge in [-0.25, -0.2) is 9.97 Å². The average molecular weight is 259 g/mol. The number of amides is 1. The predicted octanol–water partition coefficient (Wildman–Crippen LogP) is 1.43. The molecule has 19 heavy (non-hydrogen) atoms. The zero-order valence-corrected chi connectivity index (χ0v) is 10.8. The molecule has 0 radical (unpaired) electrons. The maximum absolute atomic E-state index is 12.0. The van der Waals surface area contributed by atoms with Crippen LogP contribution in [0.2, 0.25) is 0 Å². The Morgan fingerprint density at radius 2 is 2.32 bits per heavy atom. The Morgan fingerprint density at radius 3 is 3.11 bits per heavy atom. The molecule has 1 saturated heterocycles. The number of hydrogen-bond donors (Lipinski definition) is 3. The van der Waals surface area contributed by atoms with E-state index in [-0.39, 0.29) is 11.9 Å². The van der Waals surface area contributed by atoms with Crippen molar-refractivity contribution < 1.29 is 4.79 Å². The van der Waals surface area contributed by atoms with Gasteiger partial charge in [-0.05, 0) is 25.3 Å². The third-order valence-electron chi connectivity index (χ3n) is 3.62. The number of nitrogens with one attached hydrogen (secondary N) is 3. The number of nitrogens with zero attached hydrogens (tertiary/aromatic N) is 2. The van der Waals surface area contributed by atoms with Crippen LogP contribution in [0.25, 0.3) is 11.0 Å². The van der Waals surface area contributed by atoms with E-state index in [9.17, 15) is 4.79 Å². The first-order chi connectivity index (χ1) is 9.28. The van der Waals surface area contributed by atoms with Gasteiger partial charge in [0.25, 0.3) is 0 Å². The highest BCUT2D eigenvalue weighted by Crippen LogP contribution is 2.21. The number of H-pyrrole nitrogens is 1. The van der Waals surface area contributed by atoms with E-state index in [1.54, 1.807) is 0 Å². The quantitative estimate of drug-likeness (QED) is 0.778. The van der Waals surface area contributed by atoms with Gasteiger partial charge in [0, 0.05) is 12.2 Å². The standard InChI is InChI=1S/C13H17N5O/c1-2-8-3-4-10(13(19)17-8)18-12-9-5-6-14-11(9)15-7-16-12/h5-8,10H,2-4H2,1H3,(H,17,19)(H2,14,15,16,18)/t8-,10+/m0/s1. The second-order valence-electron chi connectivity index (χ2n) is 4.85. The van der Waals surface area contributed by atoms with Gasteiger partial charge in [0.05, 0.1) is 5.39 Å². The lowest BCUT2D eigenvalue weighted by atomic mass is 9.98. The van der Waals surface area contributed by atoms with Crippen LogP contribution in [0.1, 0.15) is 26.2 Å². The van der Waals surface area contributed by atoms with Gasteiger partial charge >= 0.3 is 0 Å². The summed E-state index contributed by atoms with van der Waals surface area (Å²) in [7, 11) is 0. The van der Waals surface area contributed by atoms with Crippen LogP contribution in [0.5, 0.6) is 0 Å². The summed E-state index contributed by atoms with van der Waals surface area (Å²) in [5.41, 5.74) is 0.778. The van der Waals surface area contributed by atoms with E-state index < -0.39 is 0 Å². The number of rotatable bonds is 3. The number of anilines is 1. The Bertz CT molecular complexity index is 593. The Balaban J connectivity index is 1.78. The lowest BCUT2D eigenvalue weighted by Gasteiger charge is -2.29. The van der Waals surface area contributed by atoms with Gasteiger partial charge in [-0.2, -0.15) is 0 Å². The molecular formula is C13H17N5O. The molecule has 1 aliphatic heterocycles. The topological polar surface area (TPSA) is 82.7 Å². The second kappa shape index (κ2) is 4.87. The molecule has 0 aliphatic carbocycles. The first kappa shape index (κ1) is 12.0. The van der Waals surface area contributed by atoms with Crippen LogP contribution in [0.4, 0.5) is 5.82 Å². The first-order valence-corrected chi connectivity index (χ1v) is 6.63. The van der Waals surface area contributed by atoms with Gasteiger partial charge in [-0.15, -0.1) is 0 Å². The lowest BCUT2D eigenvalue weighted by molar-refractivity contribution is -0.124. The van der Waals surface area contributed by atoms with Gasteiger partial charge in [0.15, 0.2) is 0 Å². The molecule has 3 rings (SSSR count). The summed E-state index contributed by atoms with van der Waals surface area (Å²) in [6.07, 6.45) is 6.13. The summed E-state index contributed by atoms with van der Waals surface area (Å²) < 4.78 is 0. The fourth-order valence-electron chi connectivity index (χ4n) is 2.47. The van der Waals surface area contributed by atoms with Crippen molar-refractivity contribution in [2.45, 2.75) is 38.3 Å². The van der Waals surface area contributed by atoms with Crippen molar-refractivity contribution in [2.75, 3.05) is 5.32 Å². The summed E-state index contributed by atoms with van der Waals surface area (Å²) >= 11 is 0. The SMILES string of the molecule is CC[C@H]1CC[C@@H](Nc2ncnc3[nH]ccc23)C(=O)N1. The molecule has 6 heteroatoms. The third kappa shape index (κ3) is 2.25. The van der Waals surface area contributed by atoms with Crippen LogP contribution >= 0.6 is 0 Å². The van der Waals surface area contributed by atoms with Crippen molar-refractivity contribution in [3.05, 3.63) is 18.6 Å². The molecule has 0 bridgehead atoms. The van der Waals surface area contributed by atoms with E-state index in [2.05, 4.69) is 32.5 Å². The fourth-order valence-corrected chi connectivity index (χ4v) is 2.47. The highest BCUT2D eigenvalue weighted by atomic mass is 16.2. The molecular weight excluding hydrogens is 242 g/mol. The lowest BCUT2D eigenvalue weighted by Crippen LogP contribution is -2.49. The molecule has 1 amide bonds. The zero-order chi connectivity index (χ0) is 13.2. The van der Waals surface area contributed by atoms with Crippen molar-refractivity contribution in [3.63, 3.8) is 0 Å². The average Bonchev–Trinajstić information content (AvgIpc) is 2.90. The van der Waals surface area contributed by atoms with Crippen LogP contribution in [0, 0.1) is 0 Å². The smallest absolute Gasteiger partial charge is 0.242 e. The monoisotopic (exact) mass is 259 g/mol. The van der Waals surface area contributed by atoms with E-state index in [1.807, 2.05) is 12.3 Å². The van der Waals surface area contributed by atoms with E-state index in [4.69, 9.17) is 0 Å². The maximum atomic E-state index is 12.0. The number of carbonyl (C=O) groups is 1. The predicted molar refractivity (Wildman–Crippen MR) is 72.8 cm³/mol. The number of aromatic amines is 1. The van der Waals surface area contributed by atoms with Crippen LogP contribution < -0.4 is 10.6 Å². The second-order valence-corrected chi connectivity index (χ2v) is 4.85. The van der Waals surface area contributed by atoms with Crippen molar-refractivity contribution >= 4 is 22.8 Å². The minimum absolute atomic E-state index is 0.0559. The van der Waals surface area contributed by atoms with Gasteiger partial charge in [0.1, 0.15) is 23.8 Å². The molecule has 100 valence electrons. The number of hydrogen-bond acceptors (Lipinski definition) is 4. The van der Waals surface area contributed by atoms with E-state index >= 15 is 0 Å². The summed E-state index contributed by atoms with van der Waals surface area (Å²) in [4.78, 5) is 23.4. The van der Waals surface area contributed by atoms with Crippen LogP contribution in [-0.2, 0) is 4.79 Å². The van der Waals surface area contributed by atoms with Gasteiger partial charge < -0.3 is 15.6 Å². The highest BCUT2D eigenvalue weighted by Gasteiger charge is 2.27. The van der Waals surface area contributed by atoms with E-state index in [0.29, 0.717) is 11.9 Å². The van der Waals surface area contributed by atoms with E-state index in [0.717, 1.165) is 30.3 Å². The van der Waals surface area contributed by atoms with Crippen molar-refractivity contribution in [1.29, 1.82) is 0 Å². The fraction of sp³-hybridized carbons (Fsp3) is 0.462. The van der Waals surface area contributed by atoms with Crippen molar-refractivity contribution in [2.24, 2.45) is 0 Å². The summed E-state index contributed by atoms with van der Waals surface area (Å²) in [5.74, 6) is 0.766. The normalized spacial score (nSPS) is 23.3. The summed E-state index contributed by atoms with van der Waals surface area (Å²) in [6, 6.07) is 2.01. The molecule has 2 aromatic heterocycles. The van der Waals surface area contributed by atoms with E-state index in [1.165, 1.54) is 6.33 Å². The summed E-state index contributed by atoms with van der Waals surface area (Å²) in [6.45, 7) is 2.09. The molecule has 2 atom stereocenters. The molecule has 0 aromatic carbocycles. The molecule has 1 fully saturated rings. The Labute approximate surface area is 111 Å². The van der Waals surface area contributed by atoms with Crippen LogP contribution in [0.3, 0.4) is 0 Å².